The molecule has 0 radical (unpaired) electrons. The molecule has 196 valence electrons. The van der Waals surface area contributed by atoms with Gasteiger partial charge in [-0.1, -0.05) is 104 Å². The molecule has 0 atom stereocenters. The summed E-state index contributed by atoms with van der Waals surface area (Å²) in [6.07, 6.45) is 0. The van der Waals surface area contributed by atoms with Crippen LogP contribution >= 0.6 is 104 Å². The van der Waals surface area contributed by atoms with Crippen LogP contribution in [0.15, 0.2) is 36.4 Å². The Balaban J connectivity index is 0.000000214. The minimum atomic E-state index is 0.339. The molecule has 0 saturated heterocycles. The molecule has 3 N–H and O–H groups in total. The highest BCUT2D eigenvalue weighted by atomic mass is 35.5. The van der Waals surface area contributed by atoms with E-state index in [2.05, 4.69) is 25.3 Å². The average Bonchev–Trinajstić information content (AvgIpc) is 2.74. The zero-order valence-corrected chi connectivity index (χ0v) is 25.5. The smallest absolute Gasteiger partial charge is 0.135 e. The first-order valence-corrected chi connectivity index (χ1v) is 13.1. The van der Waals surface area contributed by atoms with Gasteiger partial charge in [0.05, 0.1) is 31.5 Å². The number of anilines is 3. The number of nitrogen functional groups attached to an aromatic ring is 1. The minimum absolute atomic E-state index is 0.339. The number of nitrogens with one attached hydrogen (secondary N) is 1. The minimum Gasteiger partial charge on any atom is -0.396 e. The van der Waals surface area contributed by atoms with Crippen molar-refractivity contribution in [3.8, 4) is 0 Å². The number of aromatic nitrogens is 4. The van der Waals surface area contributed by atoms with E-state index in [1.54, 1.807) is 44.2 Å². The molecule has 4 rings (SSSR count). The van der Waals surface area contributed by atoms with Gasteiger partial charge in [-0.15, -0.1) is 0 Å². The Hall–Kier alpha value is -1.19. The van der Waals surface area contributed by atoms with Crippen LogP contribution in [0.4, 0.5) is 17.2 Å². The van der Waals surface area contributed by atoms with Gasteiger partial charge in [-0.2, -0.15) is 0 Å². The van der Waals surface area contributed by atoms with Gasteiger partial charge < -0.3 is 11.1 Å². The van der Waals surface area contributed by atoms with E-state index in [0.717, 1.165) is 0 Å². The molecular weight excluding hydrogens is 667 g/mol. The van der Waals surface area contributed by atoms with Gasteiger partial charge in [0.2, 0.25) is 0 Å². The van der Waals surface area contributed by atoms with Crippen LogP contribution in [0.5, 0.6) is 0 Å². The molecule has 2 heterocycles. The number of aryl methyl sites for hydroxylation is 2. The van der Waals surface area contributed by atoms with Crippen LogP contribution in [0.2, 0.25) is 45.6 Å². The van der Waals surface area contributed by atoms with Crippen LogP contribution in [-0.2, 0) is 0 Å². The van der Waals surface area contributed by atoms with Gasteiger partial charge in [-0.3, -0.25) is 0 Å². The van der Waals surface area contributed by atoms with E-state index in [4.69, 9.17) is 110 Å². The lowest BCUT2D eigenvalue weighted by Gasteiger charge is -2.10. The first-order valence-electron chi connectivity index (χ1n) is 9.74. The van der Waals surface area contributed by atoms with Crippen molar-refractivity contribution in [1.82, 2.24) is 19.9 Å². The second-order valence-corrected chi connectivity index (χ2v) is 10.5. The van der Waals surface area contributed by atoms with Crippen molar-refractivity contribution in [3.63, 3.8) is 0 Å². The first-order chi connectivity index (χ1) is 17.2. The topological polar surface area (TPSA) is 89.6 Å². The maximum absolute atomic E-state index is 6.06. The Morgan fingerprint density at radius 2 is 0.919 bits per heavy atom. The molecule has 0 fully saturated rings. The lowest BCUT2D eigenvalue weighted by Crippen LogP contribution is -1.98. The van der Waals surface area contributed by atoms with Crippen LogP contribution < -0.4 is 11.1 Å². The van der Waals surface area contributed by atoms with Crippen LogP contribution in [0.3, 0.4) is 0 Å². The van der Waals surface area contributed by atoms with E-state index in [9.17, 15) is 0 Å². The molecule has 0 aliphatic carbocycles. The Kier molecular flexibility index (Phi) is 12.8. The Morgan fingerprint density at radius 1 is 0.541 bits per heavy atom. The van der Waals surface area contributed by atoms with Crippen molar-refractivity contribution < 1.29 is 0 Å². The number of hydrogen-bond acceptors (Lipinski definition) is 6. The van der Waals surface area contributed by atoms with Crippen LogP contribution in [0.1, 0.15) is 11.6 Å². The Bertz CT molecular complexity index is 1280. The van der Waals surface area contributed by atoms with Gasteiger partial charge >= 0.3 is 0 Å². The van der Waals surface area contributed by atoms with Gasteiger partial charge in [0, 0.05) is 22.2 Å². The summed E-state index contributed by atoms with van der Waals surface area (Å²) in [6, 6.07) is 9.35. The van der Waals surface area contributed by atoms with Crippen LogP contribution in [-0.4, -0.2) is 19.9 Å². The number of benzene rings is 2. The molecule has 0 saturated carbocycles. The number of hydrogen-bond donors (Lipinski definition) is 2. The number of halogens is 9. The monoisotopic (exact) mass is 678 g/mol. The van der Waals surface area contributed by atoms with Crippen molar-refractivity contribution in [2.24, 2.45) is 0 Å². The highest BCUT2D eigenvalue weighted by Crippen LogP contribution is 2.35. The molecule has 2 aromatic carbocycles. The zero-order valence-electron chi connectivity index (χ0n) is 18.7. The van der Waals surface area contributed by atoms with E-state index >= 15 is 0 Å². The average molecular weight is 682 g/mol. The molecule has 2 aromatic heterocycles. The first kappa shape index (κ1) is 32.0. The van der Waals surface area contributed by atoms with Gasteiger partial charge in [0.15, 0.2) is 0 Å². The highest BCUT2D eigenvalue weighted by Gasteiger charge is 2.10. The largest absolute Gasteiger partial charge is 0.396 e. The molecule has 6 nitrogen and oxygen atoms in total. The lowest BCUT2D eigenvalue weighted by atomic mass is 10.3. The molecular formula is C22H15Cl9N6. The second-order valence-electron chi connectivity index (χ2n) is 6.84. The molecule has 0 aliphatic rings. The number of nitrogens with zero attached hydrogens (tertiary/aromatic N) is 4. The summed E-state index contributed by atoms with van der Waals surface area (Å²) in [5, 5.41) is 6.63. The molecule has 0 aliphatic heterocycles. The second kappa shape index (κ2) is 14.8. The fraction of sp³-hybridized carbons (Fsp3) is 0.0909. The van der Waals surface area contributed by atoms with Crippen molar-refractivity contribution >= 4 is 122 Å². The SMILES string of the molecule is Cc1nc(Cl)cc(Cl)n1.Cc1nc(Cl)cc(Nc2c(Cl)cc(Cl)cc2Cl)n1.Nc1c(Cl)cc(Cl)cc1Cl. The van der Waals surface area contributed by atoms with E-state index in [1.807, 2.05) is 0 Å². The van der Waals surface area contributed by atoms with Crippen molar-refractivity contribution in [1.29, 1.82) is 0 Å². The van der Waals surface area contributed by atoms with Crippen molar-refractivity contribution in [2.45, 2.75) is 13.8 Å². The van der Waals surface area contributed by atoms with E-state index in [1.165, 1.54) is 6.07 Å². The fourth-order valence-electron chi connectivity index (χ4n) is 2.44. The predicted molar refractivity (Wildman–Crippen MR) is 159 cm³/mol. The molecule has 4 aromatic rings. The summed E-state index contributed by atoms with van der Waals surface area (Å²) in [7, 11) is 0. The molecule has 0 bridgehead atoms. The third-order valence-corrected chi connectivity index (χ3v) is 6.12. The summed E-state index contributed by atoms with van der Waals surface area (Å²) in [5.41, 5.74) is 6.32. The number of rotatable bonds is 2. The number of nitrogens with two attached hydrogens (primary N) is 1. The van der Waals surface area contributed by atoms with E-state index < -0.39 is 0 Å². The lowest BCUT2D eigenvalue weighted by molar-refractivity contribution is 1.05. The quantitative estimate of drug-likeness (QED) is 0.162. The standard InChI is InChI=1S/C11H7Cl4N3.C6H4Cl3N.C5H4Cl2N2/c1-5-16-9(15)4-10(17-5)18-11-7(13)2-6(12)3-8(11)14;7-3-1-4(8)6(10)5(9)2-3;1-3-8-4(6)2-5(7)9-3/h2-4H,1H3,(H,16,17,18);1-2H,10H2;2H,1H3. The summed E-state index contributed by atoms with van der Waals surface area (Å²) in [6.45, 7) is 3.47. The normalized spacial score (nSPS) is 10.1. The molecule has 37 heavy (non-hydrogen) atoms. The van der Waals surface area contributed by atoms with Gasteiger partial charge in [0.25, 0.3) is 0 Å². The van der Waals surface area contributed by atoms with Crippen LogP contribution in [0, 0.1) is 13.8 Å². The van der Waals surface area contributed by atoms with Crippen molar-refractivity contribution in [3.05, 3.63) is 93.6 Å². The summed E-state index contributed by atoms with van der Waals surface area (Å²) < 4.78 is 0. The Morgan fingerprint density at radius 3 is 1.32 bits per heavy atom. The van der Waals surface area contributed by atoms with Gasteiger partial charge in [-0.25, -0.2) is 19.9 Å². The summed E-state index contributed by atoms with van der Waals surface area (Å²) in [5.74, 6) is 1.65. The van der Waals surface area contributed by atoms with E-state index in [-0.39, 0.29) is 0 Å². The molecule has 15 heteroatoms. The maximum atomic E-state index is 6.06. The predicted octanol–water partition coefficient (Wildman–Crippen LogP) is 10.5. The third kappa shape index (κ3) is 10.8. The molecule has 0 amide bonds. The summed E-state index contributed by atoms with van der Waals surface area (Å²) in [4.78, 5) is 15.7. The van der Waals surface area contributed by atoms with E-state index in [0.29, 0.717) is 74.4 Å². The Labute approximate surface area is 258 Å². The molecule has 0 spiro atoms. The van der Waals surface area contributed by atoms with Gasteiger partial charge in [-0.05, 0) is 38.1 Å². The summed E-state index contributed by atoms with van der Waals surface area (Å²) >= 11 is 51.7. The molecule has 0 unspecified atom stereocenters. The fourth-order valence-corrected chi connectivity index (χ4v) is 4.90. The maximum Gasteiger partial charge on any atom is 0.135 e. The van der Waals surface area contributed by atoms with Crippen molar-refractivity contribution in [2.75, 3.05) is 11.1 Å². The highest BCUT2D eigenvalue weighted by molar-refractivity contribution is 6.42. The van der Waals surface area contributed by atoms with Gasteiger partial charge in [0.1, 0.15) is 32.9 Å². The zero-order chi connectivity index (χ0) is 27.9. The third-order valence-electron chi connectivity index (χ3n) is 3.89. The van der Waals surface area contributed by atoms with Crippen LogP contribution in [0.25, 0.3) is 0 Å².